The first kappa shape index (κ1) is 21.2. The Hall–Kier alpha value is -3.07. The average Bonchev–Trinajstić information content (AvgIpc) is 3.15. The van der Waals surface area contributed by atoms with Crippen molar-refractivity contribution in [1.82, 2.24) is 14.5 Å². The van der Waals surface area contributed by atoms with Crippen LogP contribution in [0.15, 0.2) is 47.6 Å². The van der Waals surface area contributed by atoms with Crippen molar-refractivity contribution in [3.63, 3.8) is 0 Å². The molecule has 2 heterocycles. The molecule has 0 spiro atoms. The lowest BCUT2D eigenvalue weighted by molar-refractivity contribution is -0.384. The van der Waals surface area contributed by atoms with Gasteiger partial charge in [-0.1, -0.05) is 23.9 Å². The quantitative estimate of drug-likeness (QED) is 0.320. The van der Waals surface area contributed by atoms with Crippen molar-refractivity contribution in [1.29, 1.82) is 0 Å². The Balaban J connectivity index is 1.77. The Kier molecular flexibility index (Phi) is 6.13. The first-order valence-corrected chi connectivity index (χ1v) is 11.1. The van der Waals surface area contributed by atoms with Crippen molar-refractivity contribution in [3.8, 4) is 11.4 Å². The summed E-state index contributed by atoms with van der Waals surface area (Å²) in [6.07, 6.45) is 3.23. The summed E-state index contributed by atoms with van der Waals surface area (Å²) in [6.45, 7) is 3.47. The van der Waals surface area contributed by atoms with E-state index in [1.165, 1.54) is 23.9 Å². The van der Waals surface area contributed by atoms with Gasteiger partial charge in [-0.25, -0.2) is 4.98 Å². The summed E-state index contributed by atoms with van der Waals surface area (Å²) in [5, 5.41) is 11.5. The molecule has 1 amide bonds. The zero-order chi connectivity index (χ0) is 22.0. The number of nitro groups is 1. The van der Waals surface area contributed by atoms with E-state index in [1.54, 1.807) is 13.2 Å². The molecule has 1 unspecified atom stereocenters. The number of likely N-dealkylation sites (tertiary alicyclic amines) is 1. The highest BCUT2D eigenvalue weighted by Crippen LogP contribution is 2.35. The number of thioether (sulfide) groups is 1. The van der Waals surface area contributed by atoms with Gasteiger partial charge in [0.05, 0.1) is 34.0 Å². The second-order valence-corrected chi connectivity index (χ2v) is 8.79. The fourth-order valence-corrected chi connectivity index (χ4v) is 4.89. The molecule has 162 valence electrons. The summed E-state index contributed by atoms with van der Waals surface area (Å²) in [5.41, 5.74) is 1.96. The average molecular weight is 441 g/mol. The highest BCUT2D eigenvalue weighted by atomic mass is 32.2. The molecule has 9 heteroatoms. The molecule has 0 bridgehead atoms. The highest BCUT2D eigenvalue weighted by molar-refractivity contribution is 8.00. The zero-order valence-corrected chi connectivity index (χ0v) is 18.3. The van der Waals surface area contributed by atoms with Crippen LogP contribution in [0.3, 0.4) is 0 Å². The number of carbonyl (C=O) groups is 1. The predicted octanol–water partition coefficient (Wildman–Crippen LogP) is 4.44. The Morgan fingerprint density at radius 1 is 1.19 bits per heavy atom. The van der Waals surface area contributed by atoms with Crippen molar-refractivity contribution in [2.75, 3.05) is 20.2 Å². The van der Waals surface area contributed by atoms with Crippen LogP contribution in [0.2, 0.25) is 0 Å². The fraction of sp³-hybridized carbons (Fsp3) is 0.364. The number of fused-ring (bicyclic) bond motifs is 1. The predicted molar refractivity (Wildman–Crippen MR) is 120 cm³/mol. The second-order valence-electron chi connectivity index (χ2n) is 7.48. The van der Waals surface area contributed by atoms with Gasteiger partial charge in [0.1, 0.15) is 5.75 Å². The van der Waals surface area contributed by atoms with E-state index in [4.69, 9.17) is 4.74 Å². The number of aromatic nitrogens is 2. The number of non-ortho nitro benzene ring substituents is 1. The number of benzene rings is 2. The summed E-state index contributed by atoms with van der Waals surface area (Å²) >= 11 is 1.36. The first-order valence-electron chi connectivity index (χ1n) is 10.3. The smallest absolute Gasteiger partial charge is 0.271 e. The van der Waals surface area contributed by atoms with E-state index in [1.807, 2.05) is 40.7 Å². The van der Waals surface area contributed by atoms with Crippen molar-refractivity contribution in [2.45, 2.75) is 36.6 Å². The monoisotopic (exact) mass is 440 g/mol. The second kappa shape index (κ2) is 8.97. The van der Waals surface area contributed by atoms with Crippen LogP contribution in [0.25, 0.3) is 16.7 Å². The van der Waals surface area contributed by atoms with Crippen LogP contribution in [-0.2, 0) is 4.79 Å². The number of rotatable bonds is 6. The number of carbonyl (C=O) groups excluding carboxylic acids is 1. The number of ether oxygens (including phenoxy) is 1. The van der Waals surface area contributed by atoms with Gasteiger partial charge >= 0.3 is 0 Å². The molecule has 0 N–H and O–H groups in total. The molecular weight excluding hydrogens is 416 g/mol. The molecule has 0 aliphatic carbocycles. The van der Waals surface area contributed by atoms with Crippen molar-refractivity contribution in [2.24, 2.45) is 0 Å². The lowest BCUT2D eigenvalue weighted by atomic mass is 10.1. The third-order valence-electron chi connectivity index (χ3n) is 5.44. The fourth-order valence-electron chi connectivity index (χ4n) is 3.87. The minimum atomic E-state index is -0.434. The molecule has 3 aromatic rings. The maximum atomic E-state index is 13.0. The van der Waals surface area contributed by atoms with Gasteiger partial charge in [0.25, 0.3) is 5.69 Å². The minimum Gasteiger partial charge on any atom is -0.495 e. The van der Waals surface area contributed by atoms with Crippen molar-refractivity contribution < 1.29 is 14.5 Å². The van der Waals surface area contributed by atoms with Gasteiger partial charge in [0.15, 0.2) is 5.16 Å². The SMILES string of the molecule is COc1ccccc1-n1c(SC(C)C(=O)N2CCCCC2)nc2cc([N+](=O)[O-])ccc21. The van der Waals surface area contributed by atoms with Crippen molar-refractivity contribution >= 4 is 34.4 Å². The third kappa shape index (κ3) is 4.23. The van der Waals surface area contributed by atoms with Gasteiger partial charge in [0.2, 0.25) is 5.91 Å². The molecule has 8 nitrogen and oxygen atoms in total. The minimum absolute atomic E-state index is 0.0221. The molecule has 1 aliphatic heterocycles. The van der Waals surface area contributed by atoms with E-state index >= 15 is 0 Å². The first-order chi connectivity index (χ1) is 15.0. The van der Waals surface area contributed by atoms with Gasteiger partial charge in [-0.3, -0.25) is 19.5 Å². The number of methoxy groups -OCH3 is 1. The topological polar surface area (TPSA) is 90.5 Å². The summed E-state index contributed by atoms with van der Waals surface area (Å²) in [7, 11) is 1.60. The molecule has 2 aromatic carbocycles. The van der Waals surface area contributed by atoms with Gasteiger partial charge in [-0.05, 0) is 44.4 Å². The van der Waals surface area contributed by atoms with Crippen LogP contribution < -0.4 is 4.74 Å². The van der Waals surface area contributed by atoms with Crippen LogP contribution in [0.1, 0.15) is 26.2 Å². The number of nitrogens with zero attached hydrogens (tertiary/aromatic N) is 4. The third-order valence-corrected chi connectivity index (χ3v) is 6.48. The summed E-state index contributed by atoms with van der Waals surface area (Å²) in [4.78, 5) is 30.4. The van der Waals surface area contributed by atoms with Crippen LogP contribution >= 0.6 is 11.8 Å². The highest BCUT2D eigenvalue weighted by Gasteiger charge is 2.26. The van der Waals surface area contributed by atoms with Gasteiger partial charge < -0.3 is 9.64 Å². The Bertz CT molecular complexity index is 1120. The number of nitro benzene ring substituents is 1. The van der Waals surface area contributed by atoms with Gasteiger partial charge in [-0.2, -0.15) is 0 Å². The summed E-state index contributed by atoms with van der Waals surface area (Å²) in [6, 6.07) is 12.1. The lowest BCUT2D eigenvalue weighted by Crippen LogP contribution is -2.40. The van der Waals surface area contributed by atoms with E-state index in [0.717, 1.165) is 43.6 Å². The maximum Gasteiger partial charge on any atom is 0.271 e. The number of hydrogen-bond acceptors (Lipinski definition) is 6. The molecular formula is C22H24N4O4S. The summed E-state index contributed by atoms with van der Waals surface area (Å²) < 4.78 is 7.45. The number of amides is 1. The van der Waals surface area contributed by atoms with Crippen LogP contribution in [0, 0.1) is 10.1 Å². The Labute approximate surface area is 184 Å². The van der Waals surface area contributed by atoms with E-state index in [0.29, 0.717) is 16.4 Å². The molecule has 1 saturated heterocycles. The zero-order valence-electron chi connectivity index (χ0n) is 17.5. The largest absolute Gasteiger partial charge is 0.495 e. The number of hydrogen-bond donors (Lipinski definition) is 0. The normalized spacial score (nSPS) is 15.1. The Morgan fingerprint density at radius 3 is 2.65 bits per heavy atom. The van der Waals surface area contributed by atoms with Gasteiger partial charge in [-0.15, -0.1) is 0 Å². The number of piperidine rings is 1. The van der Waals surface area contributed by atoms with Crippen LogP contribution in [-0.4, -0.2) is 50.7 Å². The summed E-state index contributed by atoms with van der Waals surface area (Å²) in [5.74, 6) is 0.742. The van der Waals surface area contributed by atoms with E-state index in [2.05, 4.69) is 4.98 Å². The molecule has 1 aliphatic rings. The van der Waals surface area contributed by atoms with Crippen LogP contribution in [0.5, 0.6) is 5.75 Å². The van der Waals surface area contributed by atoms with E-state index < -0.39 is 4.92 Å². The number of imidazole rings is 1. The number of para-hydroxylation sites is 2. The molecule has 1 fully saturated rings. The van der Waals surface area contributed by atoms with Crippen LogP contribution in [0.4, 0.5) is 5.69 Å². The van der Waals surface area contributed by atoms with E-state index in [-0.39, 0.29) is 16.8 Å². The molecule has 1 aromatic heterocycles. The van der Waals surface area contributed by atoms with Gasteiger partial charge in [0, 0.05) is 25.2 Å². The standard InChI is InChI=1S/C22H24N4O4S/c1-15(21(27)24-12-6-3-7-13-24)31-22-23-17-14-16(26(28)29)10-11-18(17)25(22)19-8-4-5-9-20(19)30-2/h4-5,8-11,14-15H,3,6-7,12-13H2,1-2H3. The lowest BCUT2D eigenvalue weighted by Gasteiger charge is -2.29. The van der Waals surface area contributed by atoms with E-state index in [9.17, 15) is 14.9 Å². The molecule has 0 radical (unpaired) electrons. The Morgan fingerprint density at radius 2 is 1.94 bits per heavy atom. The molecule has 4 rings (SSSR count). The molecule has 31 heavy (non-hydrogen) atoms. The molecule has 0 saturated carbocycles. The maximum absolute atomic E-state index is 13.0. The van der Waals surface area contributed by atoms with Crippen molar-refractivity contribution in [3.05, 3.63) is 52.6 Å². The molecule has 1 atom stereocenters.